The molecule has 3 aromatic heterocycles. The number of thioether (sulfide) groups is 1. The molecule has 0 unspecified atom stereocenters. The topological polar surface area (TPSA) is 112 Å². The SMILES string of the molecule is Cc1cccc(NC(=O)CSc2nc(-c3ccco3)nc3c2c(=O)n(C)c(=O)n3C)c1. The van der Waals surface area contributed by atoms with Crippen LogP contribution < -0.4 is 16.6 Å². The monoisotopic (exact) mass is 437 g/mol. The number of hydrogen-bond acceptors (Lipinski definition) is 7. The number of hydrogen-bond donors (Lipinski definition) is 1. The lowest BCUT2D eigenvalue weighted by Gasteiger charge is -2.11. The van der Waals surface area contributed by atoms with Gasteiger partial charge in [-0.3, -0.25) is 18.7 Å². The van der Waals surface area contributed by atoms with Crippen molar-refractivity contribution >= 4 is 34.4 Å². The third-order valence-electron chi connectivity index (χ3n) is 4.65. The number of anilines is 1. The van der Waals surface area contributed by atoms with Gasteiger partial charge < -0.3 is 9.73 Å². The first-order valence-corrected chi connectivity index (χ1v) is 10.3. The van der Waals surface area contributed by atoms with Crippen LogP contribution in [0.25, 0.3) is 22.6 Å². The third-order valence-corrected chi connectivity index (χ3v) is 5.63. The van der Waals surface area contributed by atoms with Crippen LogP contribution >= 0.6 is 11.8 Å². The standard InChI is InChI=1S/C21H19N5O4S/c1-12-6-4-7-13(10-12)22-15(27)11-31-19-16-18(25(2)21(29)26(3)20(16)28)23-17(24-19)14-8-5-9-30-14/h4-10H,11H2,1-3H3,(H,22,27). The Balaban J connectivity index is 1.74. The highest BCUT2D eigenvalue weighted by Gasteiger charge is 2.19. The van der Waals surface area contributed by atoms with E-state index in [0.29, 0.717) is 16.5 Å². The highest BCUT2D eigenvalue weighted by atomic mass is 32.2. The molecule has 0 radical (unpaired) electrons. The van der Waals surface area contributed by atoms with Gasteiger partial charge in [-0.25, -0.2) is 14.8 Å². The zero-order valence-electron chi connectivity index (χ0n) is 17.1. The van der Waals surface area contributed by atoms with Gasteiger partial charge in [-0.1, -0.05) is 23.9 Å². The Morgan fingerprint density at radius 1 is 1.13 bits per heavy atom. The lowest BCUT2D eigenvalue weighted by Crippen LogP contribution is -2.37. The Kier molecular flexibility index (Phi) is 5.47. The summed E-state index contributed by atoms with van der Waals surface area (Å²) in [5.41, 5.74) is 0.865. The molecule has 0 spiro atoms. The molecule has 1 aromatic carbocycles. The van der Waals surface area contributed by atoms with Crippen molar-refractivity contribution in [3.8, 4) is 11.6 Å². The van der Waals surface area contributed by atoms with E-state index in [1.807, 2.05) is 25.1 Å². The van der Waals surface area contributed by atoms with Crippen molar-refractivity contribution in [3.05, 3.63) is 69.1 Å². The summed E-state index contributed by atoms with van der Waals surface area (Å²) in [6.07, 6.45) is 1.48. The number of carbonyl (C=O) groups excluding carboxylic acids is 1. The molecule has 3 heterocycles. The van der Waals surface area contributed by atoms with Crippen molar-refractivity contribution in [2.24, 2.45) is 14.1 Å². The van der Waals surface area contributed by atoms with Crippen molar-refractivity contribution in [3.63, 3.8) is 0 Å². The molecule has 0 aliphatic carbocycles. The zero-order valence-corrected chi connectivity index (χ0v) is 17.9. The number of aryl methyl sites for hydroxylation is 2. The predicted octanol–water partition coefficient (Wildman–Crippen LogP) is 2.33. The van der Waals surface area contributed by atoms with Gasteiger partial charge in [0.1, 0.15) is 10.4 Å². The minimum atomic E-state index is -0.523. The second kappa shape index (κ2) is 8.23. The molecule has 0 saturated carbocycles. The van der Waals surface area contributed by atoms with Gasteiger partial charge in [0.05, 0.1) is 12.0 Å². The Hall–Kier alpha value is -3.66. The van der Waals surface area contributed by atoms with E-state index >= 15 is 0 Å². The molecule has 9 nitrogen and oxygen atoms in total. The largest absolute Gasteiger partial charge is 0.461 e. The fourth-order valence-electron chi connectivity index (χ4n) is 3.10. The average Bonchev–Trinajstić information content (AvgIpc) is 3.29. The Morgan fingerprint density at radius 2 is 1.94 bits per heavy atom. The summed E-state index contributed by atoms with van der Waals surface area (Å²) in [6.45, 7) is 1.94. The van der Waals surface area contributed by atoms with E-state index in [2.05, 4.69) is 15.3 Å². The molecule has 4 rings (SSSR count). The number of furan rings is 1. The quantitative estimate of drug-likeness (QED) is 0.377. The van der Waals surface area contributed by atoms with Gasteiger partial charge in [-0.2, -0.15) is 0 Å². The lowest BCUT2D eigenvalue weighted by atomic mass is 10.2. The molecule has 4 aromatic rings. The fourth-order valence-corrected chi connectivity index (χ4v) is 3.92. The fraction of sp³-hybridized carbons (Fsp3) is 0.190. The smallest absolute Gasteiger partial charge is 0.332 e. The number of benzene rings is 1. The van der Waals surface area contributed by atoms with Crippen LogP contribution in [-0.4, -0.2) is 30.8 Å². The molecule has 0 bridgehead atoms. The Labute approximate surface area is 180 Å². The molecule has 0 aliphatic heterocycles. The van der Waals surface area contributed by atoms with Gasteiger partial charge in [-0.15, -0.1) is 0 Å². The third kappa shape index (κ3) is 4.02. The molecule has 0 fully saturated rings. The van der Waals surface area contributed by atoms with Crippen LogP contribution in [0.2, 0.25) is 0 Å². The van der Waals surface area contributed by atoms with Gasteiger partial charge >= 0.3 is 5.69 Å². The van der Waals surface area contributed by atoms with Gasteiger partial charge in [0.15, 0.2) is 17.2 Å². The van der Waals surface area contributed by atoms with E-state index in [1.54, 1.807) is 18.2 Å². The van der Waals surface area contributed by atoms with E-state index in [4.69, 9.17) is 4.42 Å². The maximum Gasteiger partial charge on any atom is 0.332 e. The predicted molar refractivity (Wildman–Crippen MR) is 118 cm³/mol. The first-order valence-electron chi connectivity index (χ1n) is 9.36. The number of carbonyl (C=O) groups is 1. The molecule has 10 heteroatoms. The van der Waals surface area contributed by atoms with Crippen molar-refractivity contribution in [1.29, 1.82) is 0 Å². The van der Waals surface area contributed by atoms with E-state index in [-0.39, 0.29) is 28.5 Å². The highest BCUT2D eigenvalue weighted by molar-refractivity contribution is 8.00. The summed E-state index contributed by atoms with van der Waals surface area (Å²) < 4.78 is 7.65. The summed E-state index contributed by atoms with van der Waals surface area (Å²) in [4.78, 5) is 46.5. The van der Waals surface area contributed by atoms with Crippen LogP contribution in [0.4, 0.5) is 5.69 Å². The lowest BCUT2D eigenvalue weighted by molar-refractivity contribution is -0.113. The molecular weight excluding hydrogens is 418 g/mol. The minimum absolute atomic E-state index is 0.0175. The molecule has 0 aliphatic rings. The minimum Gasteiger partial charge on any atom is -0.461 e. The number of nitrogens with one attached hydrogen (secondary N) is 1. The number of rotatable bonds is 5. The number of fused-ring (bicyclic) bond motifs is 1. The van der Waals surface area contributed by atoms with Crippen molar-refractivity contribution in [2.75, 3.05) is 11.1 Å². The molecule has 1 N–H and O–H groups in total. The van der Waals surface area contributed by atoms with Crippen LogP contribution in [0.5, 0.6) is 0 Å². The Bertz CT molecular complexity index is 1410. The summed E-state index contributed by atoms with van der Waals surface area (Å²) in [5, 5.41) is 3.30. The van der Waals surface area contributed by atoms with Gasteiger partial charge in [0, 0.05) is 19.8 Å². The maximum atomic E-state index is 12.8. The molecular formula is C21H19N5O4S. The van der Waals surface area contributed by atoms with Gasteiger partial charge in [0.25, 0.3) is 5.56 Å². The van der Waals surface area contributed by atoms with E-state index in [0.717, 1.165) is 21.9 Å². The molecule has 0 atom stereocenters. The van der Waals surface area contributed by atoms with Crippen LogP contribution in [0.1, 0.15) is 5.56 Å². The number of aromatic nitrogens is 4. The van der Waals surface area contributed by atoms with E-state index in [1.165, 1.54) is 24.9 Å². The Morgan fingerprint density at radius 3 is 2.65 bits per heavy atom. The first-order chi connectivity index (χ1) is 14.8. The zero-order chi connectivity index (χ0) is 22.1. The van der Waals surface area contributed by atoms with Crippen LogP contribution in [-0.2, 0) is 18.9 Å². The first kappa shape index (κ1) is 20.6. The van der Waals surface area contributed by atoms with Crippen LogP contribution in [0.3, 0.4) is 0 Å². The summed E-state index contributed by atoms with van der Waals surface area (Å²) >= 11 is 1.10. The van der Waals surface area contributed by atoms with Gasteiger partial charge in [0.2, 0.25) is 5.91 Å². The second-order valence-corrected chi connectivity index (χ2v) is 7.90. The number of nitrogens with zero attached hydrogens (tertiary/aromatic N) is 4. The van der Waals surface area contributed by atoms with Crippen LogP contribution in [0, 0.1) is 6.92 Å². The second-order valence-electron chi connectivity index (χ2n) is 6.94. The molecule has 31 heavy (non-hydrogen) atoms. The molecule has 1 amide bonds. The van der Waals surface area contributed by atoms with Crippen molar-refractivity contribution < 1.29 is 9.21 Å². The van der Waals surface area contributed by atoms with E-state index in [9.17, 15) is 14.4 Å². The van der Waals surface area contributed by atoms with Crippen LogP contribution in [0.15, 0.2) is 61.7 Å². The number of amides is 1. The maximum absolute atomic E-state index is 12.8. The molecule has 0 saturated heterocycles. The van der Waals surface area contributed by atoms with Crippen molar-refractivity contribution in [2.45, 2.75) is 11.9 Å². The highest BCUT2D eigenvalue weighted by Crippen LogP contribution is 2.26. The molecule has 158 valence electrons. The summed E-state index contributed by atoms with van der Waals surface area (Å²) in [6, 6.07) is 10.8. The van der Waals surface area contributed by atoms with Gasteiger partial charge in [-0.05, 0) is 36.8 Å². The van der Waals surface area contributed by atoms with E-state index < -0.39 is 11.2 Å². The van der Waals surface area contributed by atoms with Crippen molar-refractivity contribution in [1.82, 2.24) is 19.1 Å². The normalized spacial score (nSPS) is 11.1. The summed E-state index contributed by atoms with van der Waals surface area (Å²) in [7, 11) is 2.92. The summed E-state index contributed by atoms with van der Waals surface area (Å²) in [5.74, 6) is 0.385. The average molecular weight is 437 g/mol.